The van der Waals surface area contributed by atoms with Gasteiger partial charge in [0.2, 0.25) is 0 Å². The highest BCUT2D eigenvalue weighted by Gasteiger charge is 2.22. The smallest absolute Gasteiger partial charge is 0.143 e. The number of pyridine rings is 1. The molecular formula is C49H29NO. The van der Waals surface area contributed by atoms with E-state index in [-0.39, 0.29) is 0 Å². The van der Waals surface area contributed by atoms with Gasteiger partial charge in [-0.25, -0.2) is 4.98 Å². The Balaban J connectivity index is 1.26. The lowest BCUT2D eigenvalue weighted by Gasteiger charge is -2.19. The maximum atomic E-state index is 6.62. The second-order valence-corrected chi connectivity index (χ2v) is 13.4. The van der Waals surface area contributed by atoms with Crippen molar-refractivity contribution >= 4 is 75.9 Å². The van der Waals surface area contributed by atoms with Crippen LogP contribution in [-0.4, -0.2) is 4.98 Å². The molecule has 51 heavy (non-hydrogen) atoms. The third-order valence-corrected chi connectivity index (χ3v) is 10.6. The summed E-state index contributed by atoms with van der Waals surface area (Å²) < 4.78 is 6.62. The Hall–Kier alpha value is -6.77. The summed E-state index contributed by atoms with van der Waals surface area (Å²) in [6, 6.07) is 63.1. The monoisotopic (exact) mass is 647 g/mol. The van der Waals surface area contributed by atoms with Gasteiger partial charge < -0.3 is 4.42 Å². The van der Waals surface area contributed by atoms with Gasteiger partial charge in [-0.05, 0) is 55.6 Å². The number of hydrogen-bond donors (Lipinski definition) is 0. The predicted octanol–water partition coefficient (Wildman–Crippen LogP) is 13.7. The summed E-state index contributed by atoms with van der Waals surface area (Å²) in [5.41, 5.74) is 9.74. The van der Waals surface area contributed by atoms with E-state index in [0.717, 1.165) is 49.7 Å². The molecule has 0 radical (unpaired) electrons. The first-order valence-electron chi connectivity index (χ1n) is 17.5. The molecule has 0 amide bonds. The third-order valence-electron chi connectivity index (χ3n) is 10.6. The topological polar surface area (TPSA) is 26.0 Å². The van der Waals surface area contributed by atoms with E-state index in [2.05, 4.69) is 170 Å². The summed E-state index contributed by atoms with van der Waals surface area (Å²) in [7, 11) is 0. The lowest BCUT2D eigenvalue weighted by molar-refractivity contribution is 0.670. The van der Waals surface area contributed by atoms with Crippen LogP contribution in [0.5, 0.6) is 0 Å². The molecule has 0 bridgehead atoms. The van der Waals surface area contributed by atoms with E-state index >= 15 is 0 Å². The fraction of sp³-hybridized carbons (Fsp3) is 0. The number of hydrogen-bond acceptors (Lipinski definition) is 2. The van der Waals surface area contributed by atoms with Gasteiger partial charge in [0.05, 0.1) is 11.2 Å². The number of rotatable bonds is 3. The minimum absolute atomic E-state index is 0.909. The van der Waals surface area contributed by atoms with Gasteiger partial charge in [0.15, 0.2) is 0 Å². The van der Waals surface area contributed by atoms with E-state index in [0.29, 0.717) is 0 Å². The van der Waals surface area contributed by atoms with Crippen LogP contribution in [0.4, 0.5) is 0 Å². The summed E-state index contributed by atoms with van der Waals surface area (Å²) in [5, 5.41) is 13.1. The Morgan fingerprint density at radius 1 is 0.333 bits per heavy atom. The number of para-hydroxylation sites is 3. The van der Waals surface area contributed by atoms with Crippen molar-refractivity contribution in [3.05, 3.63) is 176 Å². The van der Waals surface area contributed by atoms with Gasteiger partial charge in [-0.2, -0.15) is 0 Å². The van der Waals surface area contributed by atoms with Crippen LogP contribution >= 0.6 is 0 Å². The van der Waals surface area contributed by atoms with Crippen LogP contribution in [-0.2, 0) is 0 Å². The highest BCUT2D eigenvalue weighted by molar-refractivity contribution is 6.29. The van der Waals surface area contributed by atoms with Crippen LogP contribution in [0.1, 0.15) is 0 Å². The van der Waals surface area contributed by atoms with Gasteiger partial charge in [0.25, 0.3) is 0 Å². The summed E-state index contributed by atoms with van der Waals surface area (Å²) in [5.74, 6) is 0. The summed E-state index contributed by atoms with van der Waals surface area (Å²) in [6.45, 7) is 0. The van der Waals surface area contributed by atoms with Crippen molar-refractivity contribution in [2.75, 3.05) is 0 Å². The molecule has 0 spiro atoms. The average molecular weight is 648 g/mol. The minimum Gasteiger partial charge on any atom is -0.455 e. The lowest BCUT2D eigenvalue weighted by Crippen LogP contribution is -1.93. The molecule has 2 heterocycles. The average Bonchev–Trinajstić information content (AvgIpc) is 3.59. The quantitative estimate of drug-likeness (QED) is 0.141. The molecule has 11 rings (SSSR count). The molecule has 0 saturated heterocycles. The number of benzene rings is 9. The zero-order valence-corrected chi connectivity index (χ0v) is 27.6. The van der Waals surface area contributed by atoms with Crippen molar-refractivity contribution in [1.29, 1.82) is 0 Å². The summed E-state index contributed by atoms with van der Waals surface area (Å²) in [4.78, 5) is 5.21. The third kappa shape index (κ3) is 4.08. The van der Waals surface area contributed by atoms with Crippen LogP contribution < -0.4 is 0 Å². The molecule has 0 N–H and O–H groups in total. The number of nitrogens with zero attached hydrogens (tertiary/aromatic N) is 1. The van der Waals surface area contributed by atoms with Crippen LogP contribution in [0.15, 0.2) is 180 Å². The fourth-order valence-electron chi connectivity index (χ4n) is 8.50. The van der Waals surface area contributed by atoms with E-state index in [9.17, 15) is 0 Å². The molecule has 2 aromatic heterocycles. The van der Waals surface area contributed by atoms with Crippen molar-refractivity contribution in [2.45, 2.75) is 0 Å². The van der Waals surface area contributed by atoms with Crippen molar-refractivity contribution in [3.63, 3.8) is 0 Å². The Morgan fingerprint density at radius 2 is 0.863 bits per heavy atom. The molecule has 11 aromatic rings. The zero-order chi connectivity index (χ0) is 33.5. The standard InChI is InChI=1S/C49H29NO/c1-2-14-30(15-3-1)48-41-29-28-31-33(22-12-23-34(31)47(41)40-21-8-10-26-43(40)50-48)45-35-17-4-6-19-37(35)46(38-20-7-5-18-36(38)45)42-25-13-24-39-32-16-9-11-27-44(32)51-49(39)42/h1-29H. The van der Waals surface area contributed by atoms with Gasteiger partial charge >= 0.3 is 0 Å². The fourth-order valence-corrected chi connectivity index (χ4v) is 8.50. The van der Waals surface area contributed by atoms with E-state index in [1.165, 1.54) is 59.8 Å². The van der Waals surface area contributed by atoms with Crippen molar-refractivity contribution in [3.8, 4) is 33.5 Å². The molecule has 0 unspecified atom stereocenters. The second kappa shape index (κ2) is 10.9. The Morgan fingerprint density at radius 3 is 1.59 bits per heavy atom. The van der Waals surface area contributed by atoms with Gasteiger partial charge in [-0.1, -0.05) is 164 Å². The first-order valence-corrected chi connectivity index (χ1v) is 17.5. The lowest BCUT2D eigenvalue weighted by atomic mass is 9.84. The highest BCUT2D eigenvalue weighted by atomic mass is 16.3. The molecule has 0 aliphatic carbocycles. The molecular weight excluding hydrogens is 619 g/mol. The minimum atomic E-state index is 0.909. The van der Waals surface area contributed by atoms with E-state index < -0.39 is 0 Å². The summed E-state index contributed by atoms with van der Waals surface area (Å²) in [6.07, 6.45) is 0. The molecule has 0 saturated carbocycles. The van der Waals surface area contributed by atoms with E-state index in [1.54, 1.807) is 0 Å². The Bertz CT molecular complexity index is 3130. The number of aromatic nitrogens is 1. The van der Waals surface area contributed by atoms with E-state index in [4.69, 9.17) is 9.40 Å². The van der Waals surface area contributed by atoms with E-state index in [1.807, 2.05) is 6.07 Å². The molecule has 236 valence electrons. The second-order valence-electron chi connectivity index (χ2n) is 13.4. The van der Waals surface area contributed by atoms with Crippen LogP contribution in [0.3, 0.4) is 0 Å². The Labute approximate surface area is 293 Å². The summed E-state index contributed by atoms with van der Waals surface area (Å²) >= 11 is 0. The van der Waals surface area contributed by atoms with Crippen molar-refractivity contribution in [1.82, 2.24) is 4.98 Å². The molecule has 0 atom stereocenters. The number of fused-ring (bicyclic) bond motifs is 10. The Kier molecular flexibility index (Phi) is 5.99. The first kappa shape index (κ1) is 28.1. The van der Waals surface area contributed by atoms with Crippen molar-refractivity contribution in [2.24, 2.45) is 0 Å². The van der Waals surface area contributed by atoms with Gasteiger partial charge in [-0.3, -0.25) is 0 Å². The molecule has 0 fully saturated rings. The predicted molar refractivity (Wildman–Crippen MR) is 215 cm³/mol. The molecule has 0 aliphatic rings. The van der Waals surface area contributed by atoms with Gasteiger partial charge in [-0.15, -0.1) is 0 Å². The van der Waals surface area contributed by atoms with Crippen LogP contribution in [0.25, 0.3) is 109 Å². The maximum absolute atomic E-state index is 6.62. The normalized spacial score (nSPS) is 11.9. The molecule has 9 aromatic carbocycles. The number of furan rings is 1. The maximum Gasteiger partial charge on any atom is 0.143 e. The van der Waals surface area contributed by atoms with Crippen LogP contribution in [0.2, 0.25) is 0 Å². The molecule has 0 aliphatic heterocycles. The van der Waals surface area contributed by atoms with Gasteiger partial charge in [0, 0.05) is 43.6 Å². The highest BCUT2D eigenvalue weighted by Crippen LogP contribution is 2.48. The van der Waals surface area contributed by atoms with Gasteiger partial charge in [0.1, 0.15) is 11.2 Å². The van der Waals surface area contributed by atoms with Crippen LogP contribution in [0, 0.1) is 0 Å². The molecule has 2 nitrogen and oxygen atoms in total. The largest absolute Gasteiger partial charge is 0.455 e. The molecule has 2 heteroatoms. The van der Waals surface area contributed by atoms with Crippen molar-refractivity contribution < 1.29 is 4.42 Å². The SMILES string of the molecule is c1ccc(-c2nc3ccccc3c3c2ccc2c(-c4c5ccccc5c(-c5cccc6c5oc5ccccc56)c5ccccc45)cccc23)cc1. The first-order chi connectivity index (χ1) is 25.3. The zero-order valence-electron chi connectivity index (χ0n) is 27.6.